The molecule has 6 N–H and O–H groups in total. The lowest BCUT2D eigenvalue weighted by molar-refractivity contribution is -0.142. The first-order valence-corrected chi connectivity index (χ1v) is 18.6. The molecule has 1 heterocycles. The molecule has 1 aliphatic heterocycles. The summed E-state index contributed by atoms with van der Waals surface area (Å²) in [6.07, 6.45) is 5.84. The Kier molecular flexibility index (Phi) is 12.5. The van der Waals surface area contributed by atoms with Crippen molar-refractivity contribution in [2.24, 2.45) is 5.92 Å². The van der Waals surface area contributed by atoms with E-state index >= 15 is 0 Å². The van der Waals surface area contributed by atoms with Gasteiger partial charge >= 0.3 is 5.97 Å². The summed E-state index contributed by atoms with van der Waals surface area (Å²) in [7, 11) is 1.64. The summed E-state index contributed by atoms with van der Waals surface area (Å²) < 4.78 is 5.74. The summed E-state index contributed by atoms with van der Waals surface area (Å²) in [4.78, 5) is 22.8. The van der Waals surface area contributed by atoms with E-state index in [4.69, 9.17) is 33.3 Å². The number of ether oxygens (including phenoxy) is 1. The lowest BCUT2D eigenvalue weighted by Crippen LogP contribution is -2.35. The second kappa shape index (κ2) is 17.4. The van der Waals surface area contributed by atoms with Gasteiger partial charge in [0.2, 0.25) is 5.91 Å². The fourth-order valence-electron chi connectivity index (χ4n) is 7.19. The molecule has 4 aromatic carbocycles. The molecule has 2 aliphatic rings. The Labute approximate surface area is 315 Å². The summed E-state index contributed by atoms with van der Waals surface area (Å²) in [5, 5.41) is 32.3. The first-order valence-electron chi connectivity index (χ1n) is 17.8. The molecule has 52 heavy (non-hydrogen) atoms. The minimum atomic E-state index is -0.704. The Hall–Kier alpha value is -4.41. The number of carboxylic acids is 1. The van der Waals surface area contributed by atoms with E-state index < -0.39 is 5.97 Å². The molecule has 1 saturated heterocycles. The normalized spacial score (nSPS) is 18.5. The van der Waals surface area contributed by atoms with E-state index in [1.54, 1.807) is 7.11 Å². The zero-order chi connectivity index (χ0) is 36.6. The molecule has 0 aromatic heterocycles. The maximum absolute atomic E-state index is 11.5. The van der Waals surface area contributed by atoms with E-state index in [1.807, 2.05) is 48.5 Å². The standard InChI is InChI=1S/C41H45Cl2N5O4/c1-52-38-19-28(36(42)18-29(38)23-46-30-14-12-27(13-15-30)41(50)51)22-47-37-7-3-5-33(35(37)20-44)34-6-2-4-32(40(34)43)26-10-8-25(9-11-26)21-45-24-31-16-17-39(49)48-31/h2-11,18-20,27,30-31,44-47H,12-17,21-24H2,1H3,(H,48,49)(H,50,51). The highest BCUT2D eigenvalue weighted by Crippen LogP contribution is 2.39. The van der Waals surface area contributed by atoms with Gasteiger partial charge in [0.15, 0.2) is 0 Å². The van der Waals surface area contributed by atoms with Crippen molar-refractivity contribution < 1.29 is 19.4 Å². The molecule has 0 bridgehead atoms. The van der Waals surface area contributed by atoms with Crippen molar-refractivity contribution in [2.75, 3.05) is 19.0 Å². The largest absolute Gasteiger partial charge is 0.496 e. The number of carbonyl (C=O) groups excluding carboxylic acids is 1. The average Bonchev–Trinajstić information content (AvgIpc) is 3.58. The van der Waals surface area contributed by atoms with Crippen LogP contribution in [0.4, 0.5) is 5.69 Å². The molecule has 1 amide bonds. The van der Waals surface area contributed by atoms with Crippen LogP contribution in [0.25, 0.3) is 22.3 Å². The molecule has 11 heteroatoms. The van der Waals surface area contributed by atoms with Gasteiger partial charge in [-0.1, -0.05) is 77.8 Å². The van der Waals surface area contributed by atoms with E-state index in [1.165, 1.54) is 6.21 Å². The molecule has 0 spiro atoms. The quantitative estimate of drug-likeness (QED) is 0.0679. The zero-order valence-corrected chi connectivity index (χ0v) is 30.7. The Balaban J connectivity index is 1.12. The molecule has 1 atom stereocenters. The van der Waals surface area contributed by atoms with E-state index in [-0.39, 0.29) is 23.9 Å². The van der Waals surface area contributed by atoms with Gasteiger partial charge in [0.1, 0.15) is 5.75 Å². The lowest BCUT2D eigenvalue weighted by Gasteiger charge is -2.27. The summed E-state index contributed by atoms with van der Waals surface area (Å²) >= 11 is 13.9. The number of anilines is 1. The monoisotopic (exact) mass is 741 g/mol. The van der Waals surface area contributed by atoms with E-state index in [9.17, 15) is 14.7 Å². The van der Waals surface area contributed by atoms with Crippen LogP contribution >= 0.6 is 23.2 Å². The van der Waals surface area contributed by atoms with Gasteiger partial charge in [0, 0.05) is 83.9 Å². The molecule has 4 aromatic rings. The minimum absolute atomic E-state index is 0.124. The maximum Gasteiger partial charge on any atom is 0.306 e. The average molecular weight is 743 g/mol. The van der Waals surface area contributed by atoms with Gasteiger partial charge in [0.05, 0.1) is 18.1 Å². The van der Waals surface area contributed by atoms with Gasteiger partial charge in [-0.05, 0) is 72.6 Å². The van der Waals surface area contributed by atoms with Crippen LogP contribution in [-0.4, -0.2) is 48.9 Å². The SMILES string of the molecule is COc1cc(CNc2cccc(-c3cccc(-c4ccc(CNCC5CCC(=O)N5)cc4)c3Cl)c2C=N)c(Cl)cc1CNC1CCC(C(=O)O)CC1. The number of nitrogens with one attached hydrogen (secondary N) is 5. The van der Waals surface area contributed by atoms with Crippen molar-refractivity contribution in [2.45, 2.75) is 70.2 Å². The van der Waals surface area contributed by atoms with Gasteiger partial charge in [-0.3, -0.25) is 9.59 Å². The number of benzene rings is 4. The van der Waals surface area contributed by atoms with Gasteiger partial charge in [0.25, 0.3) is 0 Å². The third-order valence-corrected chi connectivity index (χ3v) is 10.9. The molecular weight excluding hydrogens is 697 g/mol. The number of rotatable bonds is 15. The topological polar surface area (TPSA) is 136 Å². The van der Waals surface area contributed by atoms with Crippen LogP contribution in [-0.2, 0) is 29.2 Å². The van der Waals surface area contributed by atoms with E-state index in [0.29, 0.717) is 54.5 Å². The fourth-order valence-corrected chi connectivity index (χ4v) is 7.78. The highest BCUT2D eigenvalue weighted by molar-refractivity contribution is 6.36. The number of carboxylic acid groups (broad SMARTS) is 1. The molecule has 272 valence electrons. The smallest absolute Gasteiger partial charge is 0.306 e. The van der Waals surface area contributed by atoms with Crippen LogP contribution in [0.5, 0.6) is 5.75 Å². The van der Waals surface area contributed by atoms with Crippen molar-refractivity contribution in [3.63, 3.8) is 0 Å². The molecular formula is C41H45Cl2N5O4. The highest BCUT2D eigenvalue weighted by Gasteiger charge is 2.26. The Morgan fingerprint density at radius 1 is 0.923 bits per heavy atom. The Bertz CT molecular complexity index is 1910. The molecule has 1 aliphatic carbocycles. The zero-order valence-electron chi connectivity index (χ0n) is 29.2. The minimum Gasteiger partial charge on any atom is -0.496 e. The van der Waals surface area contributed by atoms with Gasteiger partial charge in [-0.15, -0.1) is 0 Å². The lowest BCUT2D eigenvalue weighted by atomic mass is 9.86. The van der Waals surface area contributed by atoms with Gasteiger partial charge in [-0.2, -0.15) is 0 Å². The number of methoxy groups -OCH3 is 1. The summed E-state index contributed by atoms with van der Waals surface area (Å²) in [6, 6.07) is 24.5. The first-order chi connectivity index (χ1) is 25.2. The first kappa shape index (κ1) is 37.4. The second-order valence-electron chi connectivity index (χ2n) is 13.6. The molecule has 2 fully saturated rings. The summed E-state index contributed by atoms with van der Waals surface area (Å²) in [5.41, 5.74) is 8.01. The third-order valence-electron chi connectivity index (χ3n) is 10.2. The Morgan fingerprint density at radius 2 is 1.65 bits per heavy atom. The van der Waals surface area contributed by atoms with Crippen LogP contribution in [0.15, 0.2) is 72.8 Å². The molecule has 6 rings (SSSR count). The van der Waals surface area contributed by atoms with Crippen molar-refractivity contribution in [1.82, 2.24) is 16.0 Å². The number of amides is 1. The summed E-state index contributed by atoms with van der Waals surface area (Å²) in [6.45, 7) is 2.44. The molecule has 0 radical (unpaired) electrons. The maximum atomic E-state index is 11.5. The van der Waals surface area contributed by atoms with Crippen LogP contribution < -0.4 is 26.0 Å². The van der Waals surface area contributed by atoms with Crippen molar-refractivity contribution in [3.05, 3.63) is 105 Å². The number of hydrogen-bond acceptors (Lipinski definition) is 7. The molecule has 9 nitrogen and oxygen atoms in total. The summed E-state index contributed by atoms with van der Waals surface area (Å²) in [5.74, 6) is -0.105. The number of halogens is 2. The van der Waals surface area contributed by atoms with Crippen molar-refractivity contribution >= 4 is 47.0 Å². The Morgan fingerprint density at radius 3 is 2.35 bits per heavy atom. The number of carbonyl (C=O) groups is 2. The van der Waals surface area contributed by atoms with Gasteiger partial charge in [-0.25, -0.2) is 0 Å². The third kappa shape index (κ3) is 8.96. The molecule has 1 unspecified atom stereocenters. The van der Waals surface area contributed by atoms with Crippen LogP contribution in [0, 0.1) is 11.3 Å². The van der Waals surface area contributed by atoms with E-state index in [0.717, 1.165) is 76.2 Å². The van der Waals surface area contributed by atoms with Gasteiger partial charge < -0.3 is 36.5 Å². The highest BCUT2D eigenvalue weighted by atomic mass is 35.5. The van der Waals surface area contributed by atoms with Crippen molar-refractivity contribution in [3.8, 4) is 28.0 Å². The predicted octanol–water partition coefficient (Wildman–Crippen LogP) is 8.05. The van der Waals surface area contributed by atoms with Crippen LogP contribution in [0.1, 0.15) is 60.8 Å². The van der Waals surface area contributed by atoms with E-state index in [2.05, 4.69) is 45.5 Å². The van der Waals surface area contributed by atoms with Crippen molar-refractivity contribution in [1.29, 1.82) is 5.41 Å². The van der Waals surface area contributed by atoms with Crippen LogP contribution in [0.3, 0.4) is 0 Å². The number of hydrogen-bond donors (Lipinski definition) is 6. The fraction of sp³-hybridized carbons (Fsp3) is 0.341. The number of aliphatic carboxylic acids is 1. The van der Waals surface area contributed by atoms with Crippen LogP contribution in [0.2, 0.25) is 10.0 Å². The second-order valence-corrected chi connectivity index (χ2v) is 14.4. The predicted molar refractivity (Wildman–Crippen MR) is 209 cm³/mol. The molecule has 1 saturated carbocycles.